The summed E-state index contributed by atoms with van der Waals surface area (Å²) in [7, 11) is 0. The molecule has 0 radical (unpaired) electrons. The van der Waals surface area contributed by atoms with Crippen molar-refractivity contribution in [2.75, 3.05) is 18.4 Å². The molecule has 0 spiro atoms. The monoisotopic (exact) mass is 391 g/mol. The summed E-state index contributed by atoms with van der Waals surface area (Å²) in [6, 6.07) is 3.71. The number of anilines is 1. The van der Waals surface area contributed by atoms with Gasteiger partial charge in [-0.25, -0.2) is 0 Å². The van der Waals surface area contributed by atoms with Crippen LogP contribution in [0.5, 0.6) is 0 Å². The van der Waals surface area contributed by atoms with Gasteiger partial charge in [-0.15, -0.1) is 12.4 Å². The number of rotatable bonds is 1. The normalized spacial score (nSPS) is 13.8. The first kappa shape index (κ1) is 14.2. The van der Waals surface area contributed by atoms with E-state index in [0.717, 1.165) is 22.6 Å². The van der Waals surface area contributed by atoms with Crippen LogP contribution in [-0.2, 0) is 0 Å². The zero-order valence-corrected chi connectivity index (χ0v) is 12.5. The van der Waals surface area contributed by atoms with Crippen molar-refractivity contribution in [1.29, 1.82) is 0 Å². The maximum atomic E-state index is 6.08. The van der Waals surface area contributed by atoms with Crippen molar-refractivity contribution >= 4 is 69.8 Å². The van der Waals surface area contributed by atoms with E-state index >= 15 is 0 Å². The van der Waals surface area contributed by atoms with Gasteiger partial charge >= 0.3 is 0 Å². The van der Waals surface area contributed by atoms with Gasteiger partial charge in [0.25, 0.3) is 0 Å². The van der Waals surface area contributed by atoms with Gasteiger partial charge in [-0.05, 0) is 34.7 Å². The van der Waals surface area contributed by atoms with E-state index in [-0.39, 0.29) is 12.4 Å². The first-order chi connectivity index (χ1) is 7.16. The van der Waals surface area contributed by atoms with Crippen LogP contribution in [0.3, 0.4) is 0 Å². The second-order valence-electron chi connectivity index (χ2n) is 3.03. The highest BCUT2D eigenvalue weighted by Gasteiger charge is 2.11. The minimum atomic E-state index is 0. The molecule has 0 aliphatic carbocycles. The van der Waals surface area contributed by atoms with Gasteiger partial charge in [-0.3, -0.25) is 4.99 Å². The van der Waals surface area contributed by atoms with Crippen molar-refractivity contribution in [3.63, 3.8) is 0 Å². The number of hydrogen-bond donors (Lipinski definition) is 2. The van der Waals surface area contributed by atoms with E-state index in [2.05, 4.69) is 38.2 Å². The zero-order chi connectivity index (χ0) is 10.8. The van der Waals surface area contributed by atoms with E-state index in [1.807, 2.05) is 12.1 Å². The Morgan fingerprint density at radius 2 is 1.94 bits per heavy atom. The Labute approximate surface area is 124 Å². The highest BCUT2D eigenvalue weighted by atomic mass is 127. The topological polar surface area (TPSA) is 36.4 Å². The molecule has 0 saturated heterocycles. The molecule has 0 saturated carbocycles. The van der Waals surface area contributed by atoms with Gasteiger partial charge in [0.15, 0.2) is 5.96 Å². The summed E-state index contributed by atoms with van der Waals surface area (Å²) < 4.78 is 1.01. The average Bonchev–Trinajstić information content (AvgIpc) is 2.63. The molecule has 0 unspecified atom stereocenters. The number of hydrogen-bond acceptors (Lipinski definition) is 3. The number of aliphatic imine (C=N–C) groups is 1. The molecule has 16 heavy (non-hydrogen) atoms. The molecule has 2 N–H and O–H groups in total. The van der Waals surface area contributed by atoms with Crippen molar-refractivity contribution in [2.24, 2.45) is 4.99 Å². The number of nitrogens with zero attached hydrogens (tertiary/aromatic N) is 1. The lowest BCUT2D eigenvalue weighted by molar-refractivity contribution is 0.959. The van der Waals surface area contributed by atoms with Crippen LogP contribution in [0, 0.1) is 3.57 Å². The van der Waals surface area contributed by atoms with Crippen molar-refractivity contribution in [3.05, 3.63) is 25.7 Å². The zero-order valence-electron chi connectivity index (χ0n) is 8.06. The summed E-state index contributed by atoms with van der Waals surface area (Å²) in [5, 5.41) is 7.37. The van der Waals surface area contributed by atoms with Crippen molar-refractivity contribution in [3.8, 4) is 0 Å². The van der Waals surface area contributed by atoms with E-state index in [1.165, 1.54) is 0 Å². The Morgan fingerprint density at radius 3 is 2.44 bits per heavy atom. The molecule has 0 bridgehead atoms. The van der Waals surface area contributed by atoms with Gasteiger partial charge < -0.3 is 10.6 Å². The molecule has 0 amide bonds. The number of guanidine groups is 1. The molecule has 0 fully saturated rings. The molecular formula is C9H9Cl3IN3. The molecule has 1 aromatic rings. The van der Waals surface area contributed by atoms with Crippen LogP contribution in [0.25, 0.3) is 0 Å². The summed E-state index contributed by atoms with van der Waals surface area (Å²) in [6.07, 6.45) is 0. The number of benzene rings is 1. The minimum absolute atomic E-state index is 0. The van der Waals surface area contributed by atoms with E-state index in [9.17, 15) is 0 Å². The average molecular weight is 392 g/mol. The van der Waals surface area contributed by atoms with Crippen LogP contribution < -0.4 is 10.6 Å². The van der Waals surface area contributed by atoms with E-state index in [0.29, 0.717) is 15.7 Å². The van der Waals surface area contributed by atoms with Crippen LogP contribution in [0.2, 0.25) is 10.0 Å². The highest BCUT2D eigenvalue weighted by Crippen LogP contribution is 2.32. The molecule has 88 valence electrons. The summed E-state index contributed by atoms with van der Waals surface area (Å²) in [5.41, 5.74) is 0.701. The lowest BCUT2D eigenvalue weighted by Gasteiger charge is -2.10. The van der Waals surface area contributed by atoms with Gasteiger partial charge in [0, 0.05) is 10.1 Å². The van der Waals surface area contributed by atoms with E-state index < -0.39 is 0 Å². The second-order valence-corrected chi connectivity index (χ2v) is 5.09. The molecule has 2 rings (SSSR count). The summed E-state index contributed by atoms with van der Waals surface area (Å²) in [5.74, 6) is 0.722. The van der Waals surface area contributed by atoms with Gasteiger partial charge in [0.2, 0.25) is 0 Å². The SMILES string of the molecule is Cl.Clc1cc(I)cc(Cl)c1NC1=NCCN1. The van der Waals surface area contributed by atoms with Crippen LogP contribution in [0.1, 0.15) is 0 Å². The summed E-state index contributed by atoms with van der Waals surface area (Å²) in [6.45, 7) is 1.63. The van der Waals surface area contributed by atoms with Crippen LogP contribution >= 0.6 is 58.2 Å². The minimum Gasteiger partial charge on any atom is -0.354 e. The predicted molar refractivity (Wildman–Crippen MR) is 80.4 cm³/mol. The Balaban J connectivity index is 0.00000128. The Bertz CT molecular complexity index is 399. The Hall–Kier alpha value is 0.0900. The van der Waals surface area contributed by atoms with Crippen molar-refractivity contribution < 1.29 is 0 Å². The predicted octanol–water partition coefficient (Wildman–Crippen LogP) is 3.39. The highest BCUT2D eigenvalue weighted by molar-refractivity contribution is 14.1. The van der Waals surface area contributed by atoms with Crippen LogP contribution in [0.4, 0.5) is 5.69 Å². The summed E-state index contributed by atoms with van der Waals surface area (Å²) >= 11 is 14.3. The van der Waals surface area contributed by atoms with Crippen molar-refractivity contribution in [1.82, 2.24) is 5.32 Å². The van der Waals surface area contributed by atoms with Gasteiger partial charge in [-0.2, -0.15) is 0 Å². The Kier molecular flexibility index (Phi) is 5.43. The third kappa shape index (κ3) is 3.29. The van der Waals surface area contributed by atoms with Gasteiger partial charge in [-0.1, -0.05) is 23.2 Å². The largest absolute Gasteiger partial charge is 0.354 e. The van der Waals surface area contributed by atoms with E-state index in [1.54, 1.807) is 0 Å². The van der Waals surface area contributed by atoms with Gasteiger partial charge in [0.05, 0.1) is 22.3 Å². The Morgan fingerprint density at radius 1 is 1.31 bits per heavy atom. The third-order valence-electron chi connectivity index (χ3n) is 1.92. The van der Waals surface area contributed by atoms with Gasteiger partial charge in [0.1, 0.15) is 0 Å². The fourth-order valence-corrected chi connectivity index (χ4v) is 2.83. The lowest BCUT2D eigenvalue weighted by atomic mass is 10.3. The maximum Gasteiger partial charge on any atom is 0.196 e. The quantitative estimate of drug-likeness (QED) is 0.719. The number of nitrogens with one attached hydrogen (secondary N) is 2. The summed E-state index contributed by atoms with van der Waals surface area (Å²) in [4.78, 5) is 4.21. The molecule has 3 nitrogen and oxygen atoms in total. The van der Waals surface area contributed by atoms with Crippen LogP contribution in [0.15, 0.2) is 17.1 Å². The fraction of sp³-hybridized carbons (Fsp3) is 0.222. The van der Waals surface area contributed by atoms with E-state index in [4.69, 9.17) is 23.2 Å². The molecule has 1 aliphatic heterocycles. The molecule has 1 aliphatic rings. The third-order valence-corrected chi connectivity index (χ3v) is 3.14. The smallest absolute Gasteiger partial charge is 0.196 e. The maximum absolute atomic E-state index is 6.08. The van der Waals surface area contributed by atoms with Crippen molar-refractivity contribution in [2.45, 2.75) is 0 Å². The first-order valence-electron chi connectivity index (χ1n) is 4.37. The second kappa shape index (κ2) is 6.14. The molecule has 0 aromatic heterocycles. The van der Waals surface area contributed by atoms with Crippen LogP contribution in [-0.4, -0.2) is 19.0 Å². The first-order valence-corrected chi connectivity index (χ1v) is 6.20. The molecular weight excluding hydrogens is 383 g/mol. The molecule has 0 atom stereocenters. The fourth-order valence-electron chi connectivity index (χ4n) is 1.26. The standard InChI is InChI=1S/C9H8Cl2IN3.ClH/c10-6-3-5(12)4-7(11)8(6)15-9-13-1-2-14-9;/h3-4H,1-2H2,(H2,13,14,15);1H. The molecule has 1 heterocycles. The molecule has 7 heteroatoms. The lowest BCUT2D eigenvalue weighted by Crippen LogP contribution is -2.26. The number of halogens is 4. The molecule has 1 aromatic carbocycles.